The minimum Gasteiger partial charge on any atom is -0.494 e. The maximum Gasteiger partial charge on any atom is 0.119 e. The van der Waals surface area contributed by atoms with E-state index in [1.54, 1.807) is 0 Å². The van der Waals surface area contributed by atoms with Crippen molar-refractivity contribution in [2.45, 2.75) is 51.7 Å². The summed E-state index contributed by atoms with van der Waals surface area (Å²) in [7, 11) is 0. The van der Waals surface area contributed by atoms with Gasteiger partial charge in [0.05, 0.1) is 18.9 Å². The second kappa shape index (κ2) is 6.92. The summed E-state index contributed by atoms with van der Waals surface area (Å²) in [6.45, 7) is 3.48. The molecule has 0 spiro atoms. The third-order valence-electron chi connectivity index (χ3n) is 4.29. The zero-order valence-electron chi connectivity index (χ0n) is 13.0. The van der Waals surface area contributed by atoms with Crippen LogP contribution >= 0.6 is 0 Å². The summed E-state index contributed by atoms with van der Waals surface area (Å²) in [5.74, 6) is 1.43. The molecule has 0 atom stereocenters. The quantitative estimate of drug-likeness (QED) is 0.799. The van der Waals surface area contributed by atoms with E-state index in [-0.39, 0.29) is 6.61 Å². The molecule has 1 fully saturated rings. The lowest BCUT2D eigenvalue weighted by Crippen LogP contribution is -2.17. The Hall–Kier alpha value is -1.88. The number of rotatable bonds is 7. The third kappa shape index (κ3) is 3.30. The number of hydrogen-bond donors (Lipinski definition) is 1. The molecule has 0 bridgehead atoms. The van der Waals surface area contributed by atoms with E-state index in [2.05, 4.69) is 29.4 Å². The van der Waals surface area contributed by atoms with E-state index in [4.69, 9.17) is 4.74 Å². The molecule has 0 saturated heterocycles. The summed E-state index contributed by atoms with van der Waals surface area (Å²) in [6, 6.07) is 8.09. The topological polar surface area (TPSA) is 60.2 Å². The van der Waals surface area contributed by atoms with Crippen LogP contribution in [0.3, 0.4) is 0 Å². The van der Waals surface area contributed by atoms with E-state index in [0.717, 1.165) is 30.1 Å². The van der Waals surface area contributed by atoms with Gasteiger partial charge in [-0.25, -0.2) is 4.68 Å². The summed E-state index contributed by atoms with van der Waals surface area (Å²) in [5.41, 5.74) is 3.10. The zero-order valence-corrected chi connectivity index (χ0v) is 13.0. The first-order valence-corrected chi connectivity index (χ1v) is 8.00. The molecule has 5 nitrogen and oxygen atoms in total. The Balaban J connectivity index is 1.53. The predicted molar refractivity (Wildman–Crippen MR) is 83.8 cm³/mol. The van der Waals surface area contributed by atoms with Crippen molar-refractivity contribution >= 4 is 0 Å². The number of ether oxygens (including phenoxy) is 1. The van der Waals surface area contributed by atoms with Crippen LogP contribution in [0.2, 0.25) is 0 Å². The Kier molecular flexibility index (Phi) is 4.73. The molecule has 1 N–H and O–H groups in total. The van der Waals surface area contributed by atoms with Gasteiger partial charge in [-0.15, -0.1) is 5.10 Å². The molecule has 1 aromatic heterocycles. The van der Waals surface area contributed by atoms with Crippen LogP contribution in [-0.4, -0.2) is 26.7 Å². The van der Waals surface area contributed by atoms with Gasteiger partial charge in [-0.05, 0) is 31.9 Å². The van der Waals surface area contributed by atoms with E-state index in [9.17, 15) is 5.11 Å². The van der Waals surface area contributed by atoms with Crippen molar-refractivity contribution in [1.82, 2.24) is 15.0 Å². The second-order valence-electron chi connectivity index (χ2n) is 5.95. The Morgan fingerprint density at radius 1 is 1.27 bits per heavy atom. The SMILES string of the molecule is Cc1ccc(OCCCn2nnc(CO)c2C2CCC2)cc1. The molecule has 1 aliphatic carbocycles. The highest BCUT2D eigenvalue weighted by Crippen LogP contribution is 2.37. The van der Waals surface area contributed by atoms with E-state index in [1.165, 1.54) is 24.8 Å². The average molecular weight is 301 g/mol. The number of benzene rings is 1. The van der Waals surface area contributed by atoms with Crippen LogP contribution in [0.4, 0.5) is 0 Å². The van der Waals surface area contributed by atoms with Gasteiger partial charge in [-0.2, -0.15) is 0 Å². The van der Waals surface area contributed by atoms with Crippen LogP contribution in [-0.2, 0) is 13.2 Å². The van der Waals surface area contributed by atoms with Gasteiger partial charge < -0.3 is 9.84 Å². The fourth-order valence-electron chi connectivity index (χ4n) is 2.80. The molecule has 1 heterocycles. The molecule has 3 rings (SSSR count). The maximum absolute atomic E-state index is 9.40. The minimum absolute atomic E-state index is 0.0221. The first-order valence-electron chi connectivity index (χ1n) is 8.00. The van der Waals surface area contributed by atoms with Gasteiger partial charge in [0.25, 0.3) is 0 Å². The molecule has 1 saturated carbocycles. The predicted octanol–water partition coefficient (Wildman–Crippen LogP) is 2.82. The van der Waals surface area contributed by atoms with Crippen LogP contribution < -0.4 is 4.74 Å². The van der Waals surface area contributed by atoms with Crippen molar-refractivity contribution in [1.29, 1.82) is 0 Å². The highest BCUT2D eigenvalue weighted by Gasteiger charge is 2.27. The van der Waals surface area contributed by atoms with E-state index in [0.29, 0.717) is 12.5 Å². The Bertz CT molecular complexity index is 603. The molecular formula is C17H23N3O2. The van der Waals surface area contributed by atoms with Crippen molar-refractivity contribution in [2.75, 3.05) is 6.61 Å². The van der Waals surface area contributed by atoms with Gasteiger partial charge in [-0.1, -0.05) is 29.3 Å². The fraction of sp³-hybridized carbons (Fsp3) is 0.529. The number of aliphatic hydroxyl groups excluding tert-OH is 1. The average Bonchev–Trinajstić information content (AvgIpc) is 2.87. The van der Waals surface area contributed by atoms with E-state index in [1.807, 2.05) is 16.8 Å². The number of aliphatic hydroxyl groups is 1. The molecule has 22 heavy (non-hydrogen) atoms. The molecule has 0 radical (unpaired) electrons. The van der Waals surface area contributed by atoms with Crippen molar-refractivity contribution in [3.63, 3.8) is 0 Å². The third-order valence-corrected chi connectivity index (χ3v) is 4.29. The summed E-state index contributed by atoms with van der Waals surface area (Å²) in [5, 5.41) is 17.7. The molecule has 118 valence electrons. The lowest BCUT2D eigenvalue weighted by molar-refractivity contribution is 0.270. The maximum atomic E-state index is 9.40. The first kappa shape index (κ1) is 15.0. The van der Waals surface area contributed by atoms with Gasteiger partial charge >= 0.3 is 0 Å². The molecule has 0 aliphatic heterocycles. The molecule has 5 heteroatoms. The van der Waals surface area contributed by atoms with Crippen molar-refractivity contribution in [3.05, 3.63) is 41.2 Å². The summed E-state index contributed by atoms with van der Waals surface area (Å²) >= 11 is 0. The molecule has 0 unspecified atom stereocenters. The number of aryl methyl sites for hydroxylation is 2. The largest absolute Gasteiger partial charge is 0.494 e. The van der Waals surface area contributed by atoms with Crippen LogP contribution in [0, 0.1) is 6.92 Å². The van der Waals surface area contributed by atoms with Crippen molar-refractivity contribution in [3.8, 4) is 5.75 Å². The lowest BCUT2D eigenvalue weighted by atomic mass is 9.82. The monoisotopic (exact) mass is 301 g/mol. The normalized spacial score (nSPS) is 14.8. The van der Waals surface area contributed by atoms with E-state index < -0.39 is 0 Å². The molecule has 0 amide bonds. The number of aromatic nitrogens is 3. The minimum atomic E-state index is -0.0221. The smallest absolute Gasteiger partial charge is 0.119 e. The Morgan fingerprint density at radius 2 is 2.05 bits per heavy atom. The van der Waals surface area contributed by atoms with Gasteiger partial charge in [0.15, 0.2) is 0 Å². The second-order valence-corrected chi connectivity index (χ2v) is 5.95. The molecule has 1 aliphatic rings. The van der Waals surface area contributed by atoms with Gasteiger partial charge in [-0.3, -0.25) is 0 Å². The van der Waals surface area contributed by atoms with Gasteiger partial charge in [0.1, 0.15) is 11.4 Å². The van der Waals surface area contributed by atoms with E-state index >= 15 is 0 Å². The van der Waals surface area contributed by atoms with Crippen LogP contribution in [0.5, 0.6) is 5.75 Å². The highest BCUT2D eigenvalue weighted by molar-refractivity contribution is 5.26. The van der Waals surface area contributed by atoms with Crippen LogP contribution in [0.25, 0.3) is 0 Å². The standard InChI is InChI=1S/C17H23N3O2/c1-13-6-8-15(9-7-13)22-11-3-10-20-17(14-4-2-5-14)16(12-21)18-19-20/h6-9,14,21H,2-5,10-12H2,1H3. The summed E-state index contributed by atoms with van der Waals surface area (Å²) in [6.07, 6.45) is 4.50. The van der Waals surface area contributed by atoms with Crippen molar-refractivity contribution in [2.24, 2.45) is 0 Å². The van der Waals surface area contributed by atoms with Crippen molar-refractivity contribution < 1.29 is 9.84 Å². The Morgan fingerprint density at radius 3 is 2.68 bits per heavy atom. The first-order chi connectivity index (χ1) is 10.8. The number of nitrogens with zero attached hydrogens (tertiary/aromatic N) is 3. The Labute approximate surface area is 130 Å². The van der Waals surface area contributed by atoms with Gasteiger partial charge in [0, 0.05) is 18.9 Å². The molecule has 1 aromatic carbocycles. The highest BCUT2D eigenvalue weighted by atomic mass is 16.5. The summed E-state index contributed by atoms with van der Waals surface area (Å²) < 4.78 is 7.70. The zero-order chi connectivity index (χ0) is 15.4. The number of hydrogen-bond acceptors (Lipinski definition) is 4. The summed E-state index contributed by atoms with van der Waals surface area (Å²) in [4.78, 5) is 0. The fourth-order valence-corrected chi connectivity index (χ4v) is 2.80. The van der Waals surface area contributed by atoms with Crippen LogP contribution in [0.15, 0.2) is 24.3 Å². The molecular weight excluding hydrogens is 278 g/mol. The van der Waals surface area contributed by atoms with Crippen LogP contribution in [0.1, 0.15) is 48.6 Å². The molecule has 2 aromatic rings. The van der Waals surface area contributed by atoms with Gasteiger partial charge in [0.2, 0.25) is 0 Å². The lowest BCUT2D eigenvalue weighted by Gasteiger charge is -2.26.